The topological polar surface area (TPSA) is 60.3 Å². The normalized spacial score (nSPS) is 15.3. The Morgan fingerprint density at radius 2 is 1.96 bits per heavy atom. The lowest BCUT2D eigenvalue weighted by Gasteiger charge is -2.37. The zero-order chi connectivity index (χ0) is 15.8. The molecule has 1 aliphatic heterocycles. The van der Waals surface area contributed by atoms with E-state index in [0.717, 1.165) is 57.4 Å². The van der Waals surface area contributed by atoms with Gasteiger partial charge in [-0.25, -0.2) is 0 Å². The summed E-state index contributed by atoms with van der Waals surface area (Å²) in [5.41, 5.74) is 0.908. The summed E-state index contributed by atoms with van der Waals surface area (Å²) in [6.07, 6.45) is 0.966. The number of phenols is 1. The Labute approximate surface area is 155 Å². The second-order valence-electron chi connectivity index (χ2n) is 5.28. The molecule has 6 nitrogen and oxygen atoms in total. The van der Waals surface area contributed by atoms with Crippen LogP contribution in [0.1, 0.15) is 6.42 Å². The van der Waals surface area contributed by atoms with Gasteiger partial charge in [0.1, 0.15) is 5.75 Å². The number of rotatable bonds is 5. The summed E-state index contributed by atoms with van der Waals surface area (Å²) in [5, 5.41) is 13.3. The monoisotopic (exact) mass is 434 g/mol. The van der Waals surface area contributed by atoms with Crippen molar-refractivity contribution in [3.8, 4) is 5.75 Å². The van der Waals surface area contributed by atoms with Gasteiger partial charge in [-0.1, -0.05) is 12.1 Å². The Kier molecular flexibility index (Phi) is 9.08. The maximum atomic E-state index is 9.95. The molecule has 0 aromatic heterocycles. The number of para-hydroxylation sites is 2. The van der Waals surface area contributed by atoms with Gasteiger partial charge < -0.3 is 25.0 Å². The molecule has 0 saturated carbocycles. The summed E-state index contributed by atoms with van der Waals surface area (Å²) >= 11 is 0. The van der Waals surface area contributed by atoms with Gasteiger partial charge in [-0.05, 0) is 18.6 Å². The molecule has 0 amide bonds. The number of aliphatic imine (C=N–C) groups is 1. The third-order valence-corrected chi connectivity index (χ3v) is 3.82. The highest BCUT2D eigenvalue weighted by Crippen LogP contribution is 2.27. The zero-order valence-electron chi connectivity index (χ0n) is 13.9. The van der Waals surface area contributed by atoms with Crippen molar-refractivity contribution in [1.29, 1.82) is 0 Å². The number of phenolic OH excluding ortho intramolecular Hbond substituents is 1. The molecule has 0 atom stereocenters. The van der Waals surface area contributed by atoms with E-state index in [4.69, 9.17) is 4.74 Å². The van der Waals surface area contributed by atoms with Crippen LogP contribution in [0.2, 0.25) is 0 Å². The number of guanidine groups is 1. The number of anilines is 1. The average molecular weight is 434 g/mol. The Morgan fingerprint density at radius 1 is 1.26 bits per heavy atom. The summed E-state index contributed by atoms with van der Waals surface area (Å²) in [4.78, 5) is 8.81. The molecule has 1 aliphatic rings. The summed E-state index contributed by atoms with van der Waals surface area (Å²) in [7, 11) is 3.53. The van der Waals surface area contributed by atoms with Gasteiger partial charge in [-0.15, -0.1) is 24.0 Å². The Hall–Kier alpha value is -1.22. The zero-order valence-corrected chi connectivity index (χ0v) is 16.2. The van der Waals surface area contributed by atoms with Crippen molar-refractivity contribution in [1.82, 2.24) is 10.2 Å². The van der Waals surface area contributed by atoms with Gasteiger partial charge in [0.2, 0.25) is 0 Å². The van der Waals surface area contributed by atoms with Crippen LogP contribution in [0.4, 0.5) is 5.69 Å². The largest absolute Gasteiger partial charge is 0.506 e. The van der Waals surface area contributed by atoms with Crippen molar-refractivity contribution in [2.75, 3.05) is 58.4 Å². The fourth-order valence-corrected chi connectivity index (χ4v) is 2.64. The number of hydrogen-bond donors (Lipinski definition) is 2. The molecule has 23 heavy (non-hydrogen) atoms. The van der Waals surface area contributed by atoms with Gasteiger partial charge >= 0.3 is 0 Å². The first kappa shape index (κ1) is 19.8. The molecular formula is C16H27IN4O2. The van der Waals surface area contributed by atoms with Crippen molar-refractivity contribution in [3.05, 3.63) is 24.3 Å². The van der Waals surface area contributed by atoms with E-state index >= 15 is 0 Å². The molecule has 7 heteroatoms. The first-order valence-corrected chi connectivity index (χ1v) is 7.73. The minimum absolute atomic E-state index is 0. The van der Waals surface area contributed by atoms with Crippen LogP contribution in [0.3, 0.4) is 0 Å². The third kappa shape index (κ3) is 5.72. The van der Waals surface area contributed by atoms with Crippen LogP contribution < -0.4 is 10.2 Å². The number of halogens is 1. The van der Waals surface area contributed by atoms with Gasteiger partial charge in [0, 0.05) is 53.5 Å². The first-order chi connectivity index (χ1) is 10.8. The maximum Gasteiger partial charge on any atom is 0.193 e. The van der Waals surface area contributed by atoms with Crippen LogP contribution in [0, 0.1) is 0 Å². The highest BCUT2D eigenvalue weighted by atomic mass is 127. The highest BCUT2D eigenvalue weighted by Gasteiger charge is 2.20. The van der Waals surface area contributed by atoms with E-state index in [1.165, 1.54) is 0 Å². The van der Waals surface area contributed by atoms with E-state index in [9.17, 15) is 5.11 Å². The van der Waals surface area contributed by atoms with E-state index < -0.39 is 0 Å². The van der Waals surface area contributed by atoms with Crippen LogP contribution >= 0.6 is 24.0 Å². The van der Waals surface area contributed by atoms with Gasteiger partial charge in [0.05, 0.1) is 5.69 Å². The number of piperazine rings is 1. The van der Waals surface area contributed by atoms with E-state index in [-0.39, 0.29) is 24.0 Å². The number of nitrogens with zero attached hydrogens (tertiary/aromatic N) is 3. The minimum Gasteiger partial charge on any atom is -0.506 e. The standard InChI is InChI=1S/C16H26N4O2.HI/c1-17-16(18-8-5-13-22-2)20-11-9-19(10-12-20)14-6-3-4-7-15(14)21;/h3-4,6-7,21H,5,8-13H2,1-2H3,(H,17,18);1H. The van der Waals surface area contributed by atoms with Crippen molar-refractivity contribution >= 4 is 35.6 Å². The van der Waals surface area contributed by atoms with Crippen LogP contribution in [-0.2, 0) is 4.74 Å². The van der Waals surface area contributed by atoms with Gasteiger partial charge in [-0.2, -0.15) is 0 Å². The van der Waals surface area contributed by atoms with E-state index in [2.05, 4.69) is 20.1 Å². The number of methoxy groups -OCH3 is 1. The molecule has 0 radical (unpaired) electrons. The molecule has 0 unspecified atom stereocenters. The Morgan fingerprint density at radius 3 is 2.57 bits per heavy atom. The molecule has 1 fully saturated rings. The van der Waals surface area contributed by atoms with Crippen LogP contribution in [-0.4, -0.2) is 69.5 Å². The maximum absolute atomic E-state index is 9.95. The first-order valence-electron chi connectivity index (χ1n) is 7.73. The molecule has 0 spiro atoms. The number of aromatic hydroxyl groups is 1. The second kappa shape index (κ2) is 10.5. The van der Waals surface area contributed by atoms with Crippen molar-refractivity contribution in [2.24, 2.45) is 4.99 Å². The minimum atomic E-state index is 0. The molecule has 2 rings (SSSR count). The molecule has 0 bridgehead atoms. The second-order valence-corrected chi connectivity index (χ2v) is 5.28. The van der Waals surface area contributed by atoms with Crippen LogP contribution in [0.25, 0.3) is 0 Å². The smallest absolute Gasteiger partial charge is 0.193 e. The molecule has 1 saturated heterocycles. The molecule has 1 heterocycles. The summed E-state index contributed by atoms with van der Waals surface area (Å²) < 4.78 is 5.05. The average Bonchev–Trinajstić information content (AvgIpc) is 2.56. The SMILES string of the molecule is CN=C(NCCCOC)N1CCN(c2ccccc2O)CC1.I. The molecule has 0 aliphatic carbocycles. The lowest BCUT2D eigenvalue weighted by atomic mass is 10.2. The molecule has 130 valence electrons. The fraction of sp³-hybridized carbons (Fsp3) is 0.562. The van der Waals surface area contributed by atoms with Gasteiger partial charge in [-0.3, -0.25) is 4.99 Å². The number of benzene rings is 1. The lowest BCUT2D eigenvalue weighted by Crippen LogP contribution is -2.52. The Bertz CT molecular complexity index is 491. The van der Waals surface area contributed by atoms with Crippen molar-refractivity contribution in [3.63, 3.8) is 0 Å². The molecule has 1 aromatic carbocycles. The third-order valence-electron chi connectivity index (χ3n) is 3.82. The van der Waals surface area contributed by atoms with Gasteiger partial charge in [0.25, 0.3) is 0 Å². The number of nitrogens with one attached hydrogen (secondary N) is 1. The predicted molar refractivity (Wildman–Crippen MR) is 105 cm³/mol. The van der Waals surface area contributed by atoms with Crippen molar-refractivity contribution in [2.45, 2.75) is 6.42 Å². The summed E-state index contributed by atoms with van der Waals surface area (Å²) in [6.45, 7) is 5.13. The van der Waals surface area contributed by atoms with Crippen LogP contribution in [0.15, 0.2) is 29.3 Å². The quantitative estimate of drug-likeness (QED) is 0.320. The van der Waals surface area contributed by atoms with Gasteiger partial charge in [0.15, 0.2) is 5.96 Å². The predicted octanol–water partition coefficient (Wildman–Crippen LogP) is 1.74. The molecule has 1 aromatic rings. The van der Waals surface area contributed by atoms with Crippen LogP contribution in [0.5, 0.6) is 5.75 Å². The Balaban J connectivity index is 0.00000264. The summed E-state index contributed by atoms with van der Waals surface area (Å²) in [6, 6.07) is 7.50. The van der Waals surface area contributed by atoms with Crippen molar-refractivity contribution < 1.29 is 9.84 Å². The highest BCUT2D eigenvalue weighted by molar-refractivity contribution is 14.0. The number of ether oxygens (including phenoxy) is 1. The molecule has 2 N–H and O–H groups in total. The fourth-order valence-electron chi connectivity index (χ4n) is 2.64. The summed E-state index contributed by atoms with van der Waals surface area (Å²) in [5.74, 6) is 1.28. The lowest BCUT2D eigenvalue weighted by molar-refractivity contribution is 0.195. The molecular weight excluding hydrogens is 407 g/mol. The van der Waals surface area contributed by atoms with E-state index in [0.29, 0.717) is 5.75 Å². The van der Waals surface area contributed by atoms with E-state index in [1.807, 2.05) is 25.2 Å². The van der Waals surface area contributed by atoms with E-state index in [1.54, 1.807) is 13.2 Å². The number of hydrogen-bond acceptors (Lipinski definition) is 4.